The van der Waals surface area contributed by atoms with Gasteiger partial charge in [0.25, 0.3) is 0 Å². The van der Waals surface area contributed by atoms with Crippen LogP contribution in [0.15, 0.2) is 48.5 Å². The SMILES string of the molecule is C=O.NCC(=O)O.O=C([O-])CN1CN(CC(=O)[O-])CN(CC(=O)[O-])C1.[B]P[I-]c1ccc(O)cc1.[B]P[I-]c1ccc(O)cc1.[Na+].[Na+].[Na+].[Na+].[OH-]. The summed E-state index contributed by atoms with van der Waals surface area (Å²) in [5.74, 6) is -4.28. The number of carbonyl (C=O) groups is 5. The number of aromatic hydroxyl groups is 2. The zero-order valence-electron chi connectivity index (χ0n) is 28.2. The van der Waals surface area contributed by atoms with Crippen molar-refractivity contribution in [3.8, 4) is 11.5 Å². The van der Waals surface area contributed by atoms with Gasteiger partial charge in [-0.2, -0.15) is 0 Å². The third kappa shape index (κ3) is 41.0. The smallest absolute Gasteiger partial charge is 0.870 e. The number of hydrogen-bond acceptors (Lipinski definition) is 15. The van der Waals surface area contributed by atoms with Crippen LogP contribution in [-0.2, 0) is 24.0 Å². The van der Waals surface area contributed by atoms with Crippen molar-refractivity contribution in [3.63, 3.8) is 0 Å². The van der Waals surface area contributed by atoms with Crippen LogP contribution in [0.25, 0.3) is 0 Å². The molecule has 0 aliphatic carbocycles. The molecule has 6 N–H and O–H groups in total. The van der Waals surface area contributed by atoms with E-state index in [0.29, 0.717) is 23.7 Å². The van der Waals surface area contributed by atoms with E-state index in [9.17, 15) is 34.5 Å². The molecule has 4 radical (unpaired) electrons. The van der Waals surface area contributed by atoms with E-state index < -0.39 is 43.5 Å². The van der Waals surface area contributed by atoms with Crippen molar-refractivity contribution in [2.24, 2.45) is 5.73 Å². The standard InChI is InChI=1S/C9H15N3O6.2C6H6BIOP.C2H5NO2.CH2O.4Na.H2O/c13-7(14)1-10-4-11(2-8(15)16)6-12(5-10)3-9(17)18;2*7-10-8-5-1-3-6(9)4-2-5;3-1-2(4)5;1-2;;;;;/h1-6H2,(H,13,14)(H,15,16)(H,17,18);2*1-4,9-10H;1,3H2,(H,4,5);1H2;;;;;1H2/q;2*-1;;;4*+1;/p-4. The van der Waals surface area contributed by atoms with Gasteiger partial charge >= 0.3 is 270 Å². The van der Waals surface area contributed by atoms with Crippen molar-refractivity contribution in [1.82, 2.24) is 14.7 Å². The van der Waals surface area contributed by atoms with Gasteiger partial charge in [0.2, 0.25) is 0 Å². The average molecular weight is 998 g/mol. The second kappa shape index (κ2) is 43.6. The van der Waals surface area contributed by atoms with Gasteiger partial charge in [0, 0.05) is 19.6 Å². The Morgan fingerprint density at radius 3 is 1.06 bits per heavy atom. The number of halogens is 2. The summed E-state index contributed by atoms with van der Waals surface area (Å²) in [4.78, 5) is 52.7. The van der Waals surface area contributed by atoms with Crippen LogP contribution >= 0.6 is 12.2 Å². The van der Waals surface area contributed by atoms with E-state index in [1.54, 1.807) is 24.3 Å². The summed E-state index contributed by atoms with van der Waals surface area (Å²) < 4.78 is 2.58. The minimum atomic E-state index is -1.32. The predicted molar refractivity (Wildman–Crippen MR) is 157 cm³/mol. The van der Waals surface area contributed by atoms with Gasteiger partial charge in [-0.3, -0.25) is 19.5 Å². The molecule has 2 atom stereocenters. The predicted octanol–water partition coefficient (Wildman–Crippen LogP) is -22.6. The number of nitrogens with two attached hydrogens (primary N) is 1. The van der Waals surface area contributed by atoms with Crippen LogP contribution < -0.4 is 181 Å². The van der Waals surface area contributed by atoms with Crippen molar-refractivity contribution in [1.29, 1.82) is 0 Å². The average Bonchev–Trinajstić information content (AvgIpc) is 2.97. The van der Waals surface area contributed by atoms with Gasteiger partial charge in [0.05, 0.1) is 44.5 Å². The van der Waals surface area contributed by atoms with Gasteiger partial charge in [0.15, 0.2) is 0 Å². The fourth-order valence-corrected chi connectivity index (χ4v) is 8.50. The Balaban J connectivity index is -0.000000101. The molecule has 2 aromatic rings. The Hall–Kier alpha value is 1.84. The van der Waals surface area contributed by atoms with Gasteiger partial charge in [-0.15, -0.1) is 0 Å². The number of aliphatic carboxylic acids is 4. The van der Waals surface area contributed by atoms with Crippen LogP contribution in [0.2, 0.25) is 0 Å². The van der Waals surface area contributed by atoms with Gasteiger partial charge in [-0.05, 0) is 0 Å². The maximum Gasteiger partial charge on any atom is 1.00 e. The zero-order chi connectivity index (χ0) is 34.8. The summed E-state index contributed by atoms with van der Waals surface area (Å²) in [5.41, 5.74) is 4.57. The second-order valence-corrected chi connectivity index (χ2v) is 18.3. The number of carbonyl (C=O) groups excluding carboxylic acids is 4. The molecular weight excluding hydrogens is 966 g/mol. The van der Waals surface area contributed by atoms with E-state index in [4.69, 9.17) is 35.2 Å². The van der Waals surface area contributed by atoms with Gasteiger partial charge in [0.1, 0.15) is 6.79 Å². The Kier molecular flexibility index (Phi) is 58.1. The van der Waals surface area contributed by atoms with Crippen molar-refractivity contribution in [2.45, 2.75) is 0 Å². The maximum atomic E-state index is 10.5. The Labute approximate surface area is 405 Å². The number of carboxylic acid groups (broad SMARTS) is 4. The molecule has 1 fully saturated rings. The summed E-state index contributed by atoms with van der Waals surface area (Å²) in [7, 11) is 10.8. The number of rotatable bonds is 11. The molecule has 0 amide bonds. The van der Waals surface area contributed by atoms with Gasteiger partial charge in [-0.25, -0.2) is 0 Å². The minimum Gasteiger partial charge on any atom is -0.870 e. The Morgan fingerprint density at radius 2 is 0.900 bits per heavy atom. The Bertz CT molecular complexity index is 1060. The number of benzene rings is 2. The normalized spacial score (nSPS) is 12.0. The monoisotopic (exact) mass is 998 g/mol. The number of phenols is 2. The van der Waals surface area contributed by atoms with Crippen LogP contribution in [0, 0.1) is 7.14 Å². The van der Waals surface area contributed by atoms with E-state index in [-0.39, 0.29) is 192 Å². The first-order valence-electron chi connectivity index (χ1n) is 12.0. The summed E-state index contributed by atoms with van der Waals surface area (Å²) in [6.45, 7) is 0.760. The van der Waals surface area contributed by atoms with Gasteiger partial charge < -0.3 is 50.8 Å². The second-order valence-electron chi connectivity index (χ2n) is 7.98. The molecule has 2 aromatic carbocycles. The molecule has 1 saturated heterocycles. The van der Waals surface area contributed by atoms with Crippen molar-refractivity contribution in [3.05, 3.63) is 55.7 Å². The number of hydrogen-bond donors (Lipinski definition) is 4. The molecular formula is C24H32B2I2N4Na4O12P2-2. The maximum absolute atomic E-state index is 10.5. The first-order chi connectivity index (χ1) is 21.3. The van der Waals surface area contributed by atoms with Gasteiger partial charge in [-0.1, -0.05) is 0 Å². The zero-order valence-corrected chi connectivity index (χ0v) is 42.5. The first kappa shape index (κ1) is 66.6. The number of carboxylic acids is 4. The molecule has 16 nitrogen and oxygen atoms in total. The first-order valence-corrected chi connectivity index (χ1v) is 22.6. The van der Waals surface area contributed by atoms with E-state index >= 15 is 0 Å². The number of nitrogens with zero attached hydrogens (tertiary/aromatic N) is 3. The van der Waals surface area contributed by atoms with Crippen molar-refractivity contribution < 1.29 is 220 Å². The van der Waals surface area contributed by atoms with Crippen molar-refractivity contribution >= 4 is 58.0 Å². The van der Waals surface area contributed by atoms with E-state index in [0.717, 1.165) is 0 Å². The van der Waals surface area contributed by atoms with E-state index in [1.165, 1.54) is 21.8 Å². The topological polar surface area (TPSA) is 281 Å². The van der Waals surface area contributed by atoms with Crippen LogP contribution in [0.3, 0.4) is 0 Å². The van der Waals surface area contributed by atoms with Crippen LogP contribution in [0.1, 0.15) is 0 Å². The summed E-state index contributed by atoms with van der Waals surface area (Å²) in [5, 5.41) is 56.8. The van der Waals surface area contributed by atoms with Crippen LogP contribution in [0.4, 0.5) is 0 Å². The molecule has 0 bridgehead atoms. The fraction of sp³-hybridized carbons (Fsp3) is 0.292. The van der Waals surface area contributed by atoms with E-state index in [2.05, 4.69) is 5.73 Å². The Morgan fingerprint density at radius 1 is 0.680 bits per heavy atom. The molecule has 0 saturated carbocycles. The molecule has 2 unspecified atom stereocenters. The summed E-state index contributed by atoms with van der Waals surface area (Å²) >= 11 is 0.0231. The molecule has 1 aliphatic rings. The van der Waals surface area contributed by atoms with Crippen LogP contribution in [0.5, 0.6) is 11.5 Å². The summed E-state index contributed by atoms with van der Waals surface area (Å²) in [6.07, 6.45) is 1.12. The molecule has 3 rings (SSSR count). The fourth-order valence-electron chi connectivity index (χ4n) is 2.96. The van der Waals surface area contributed by atoms with Crippen LogP contribution in [-0.4, -0.2) is 127 Å². The largest absolute Gasteiger partial charge is 1.00 e. The molecule has 256 valence electrons. The molecule has 0 spiro atoms. The van der Waals surface area contributed by atoms with E-state index in [1.807, 2.05) is 31.1 Å². The molecule has 1 heterocycles. The number of phenolic OH excluding ortho intramolecular Hbond substituents is 2. The molecule has 0 aromatic heterocycles. The third-order valence-electron chi connectivity index (χ3n) is 4.41. The minimum absolute atomic E-state index is 0. The third-order valence-corrected chi connectivity index (χ3v) is 12.1. The molecule has 26 heteroatoms. The quantitative estimate of drug-likeness (QED) is 0.0924. The summed E-state index contributed by atoms with van der Waals surface area (Å²) in [6, 6.07) is 14.5. The molecule has 50 heavy (non-hydrogen) atoms. The van der Waals surface area contributed by atoms with Crippen molar-refractivity contribution in [2.75, 3.05) is 46.2 Å². The molecule has 1 aliphatic heterocycles.